The SMILES string of the molecule is C#CCC1CCN(C)CC1. The Bertz CT molecular complexity index is 126. The molecule has 0 aromatic carbocycles. The zero-order valence-electron chi connectivity index (χ0n) is 6.64. The third kappa shape index (κ3) is 2.04. The van der Waals surface area contributed by atoms with Gasteiger partial charge < -0.3 is 4.90 Å². The molecule has 0 amide bonds. The number of hydrogen-bond donors (Lipinski definition) is 0. The highest BCUT2D eigenvalue weighted by atomic mass is 15.1. The van der Waals surface area contributed by atoms with E-state index in [1.807, 2.05) is 0 Å². The summed E-state index contributed by atoms with van der Waals surface area (Å²) in [5, 5.41) is 0. The van der Waals surface area contributed by atoms with E-state index in [2.05, 4.69) is 17.9 Å². The van der Waals surface area contributed by atoms with Gasteiger partial charge >= 0.3 is 0 Å². The van der Waals surface area contributed by atoms with Gasteiger partial charge in [0.25, 0.3) is 0 Å². The van der Waals surface area contributed by atoms with Gasteiger partial charge in [0, 0.05) is 6.42 Å². The Hall–Kier alpha value is -0.480. The first-order chi connectivity index (χ1) is 4.83. The van der Waals surface area contributed by atoms with Gasteiger partial charge in [0.2, 0.25) is 0 Å². The van der Waals surface area contributed by atoms with Gasteiger partial charge in [0.1, 0.15) is 0 Å². The van der Waals surface area contributed by atoms with Gasteiger partial charge in [0.05, 0.1) is 0 Å². The fraction of sp³-hybridized carbons (Fsp3) is 0.778. The van der Waals surface area contributed by atoms with E-state index in [9.17, 15) is 0 Å². The number of nitrogens with zero attached hydrogens (tertiary/aromatic N) is 1. The molecule has 1 heteroatoms. The molecule has 0 saturated carbocycles. The van der Waals surface area contributed by atoms with Gasteiger partial charge in [-0.2, -0.15) is 0 Å². The van der Waals surface area contributed by atoms with E-state index >= 15 is 0 Å². The van der Waals surface area contributed by atoms with Gasteiger partial charge in [-0.3, -0.25) is 0 Å². The molecule has 0 N–H and O–H groups in total. The van der Waals surface area contributed by atoms with E-state index in [0.29, 0.717) is 0 Å². The fourth-order valence-corrected chi connectivity index (χ4v) is 1.43. The van der Waals surface area contributed by atoms with Crippen molar-refractivity contribution in [1.29, 1.82) is 0 Å². The summed E-state index contributed by atoms with van der Waals surface area (Å²) in [5.41, 5.74) is 0. The van der Waals surface area contributed by atoms with Crippen molar-refractivity contribution in [3.8, 4) is 12.3 Å². The topological polar surface area (TPSA) is 3.24 Å². The molecule has 0 aliphatic carbocycles. The van der Waals surface area contributed by atoms with E-state index in [1.54, 1.807) is 0 Å². The highest BCUT2D eigenvalue weighted by Crippen LogP contribution is 2.18. The second-order valence-corrected chi connectivity index (χ2v) is 3.15. The van der Waals surface area contributed by atoms with E-state index in [4.69, 9.17) is 6.42 Å². The maximum Gasteiger partial charge on any atom is 0.0115 e. The second kappa shape index (κ2) is 3.63. The standard InChI is InChI=1S/C9H15N/c1-3-4-9-5-7-10(2)8-6-9/h1,9H,4-8H2,2H3. The predicted octanol–water partition coefficient (Wildman–Crippen LogP) is 1.35. The van der Waals surface area contributed by atoms with Gasteiger partial charge in [0.15, 0.2) is 0 Å². The smallest absolute Gasteiger partial charge is 0.0115 e. The average Bonchev–Trinajstić information content (AvgIpc) is 1.95. The molecule has 0 unspecified atom stereocenters. The van der Waals surface area contributed by atoms with Gasteiger partial charge in [-0.1, -0.05) is 0 Å². The zero-order valence-corrected chi connectivity index (χ0v) is 6.64. The van der Waals surface area contributed by atoms with Crippen molar-refractivity contribution in [3.05, 3.63) is 0 Å². The lowest BCUT2D eigenvalue weighted by Crippen LogP contribution is -2.29. The number of rotatable bonds is 1. The van der Waals surface area contributed by atoms with E-state index in [-0.39, 0.29) is 0 Å². The van der Waals surface area contributed by atoms with E-state index in [1.165, 1.54) is 25.9 Å². The summed E-state index contributed by atoms with van der Waals surface area (Å²) in [4.78, 5) is 2.37. The number of piperidine rings is 1. The summed E-state index contributed by atoms with van der Waals surface area (Å²) in [6.45, 7) is 2.46. The van der Waals surface area contributed by atoms with Crippen LogP contribution in [0.4, 0.5) is 0 Å². The van der Waals surface area contributed by atoms with Crippen molar-refractivity contribution in [2.24, 2.45) is 5.92 Å². The summed E-state index contributed by atoms with van der Waals surface area (Å²) in [7, 11) is 2.17. The molecule has 0 bridgehead atoms. The molecular formula is C9H15N. The molecular weight excluding hydrogens is 122 g/mol. The first kappa shape index (κ1) is 7.63. The molecule has 1 rings (SSSR count). The van der Waals surface area contributed by atoms with E-state index < -0.39 is 0 Å². The predicted molar refractivity (Wildman–Crippen MR) is 43.7 cm³/mol. The van der Waals surface area contributed by atoms with Crippen molar-refractivity contribution in [2.45, 2.75) is 19.3 Å². The summed E-state index contributed by atoms with van der Waals surface area (Å²) in [5.74, 6) is 3.54. The molecule has 1 aliphatic heterocycles. The minimum Gasteiger partial charge on any atom is -0.306 e. The van der Waals surface area contributed by atoms with Crippen LogP contribution in [0.1, 0.15) is 19.3 Å². The summed E-state index contributed by atoms with van der Waals surface area (Å²) in [6, 6.07) is 0. The molecule has 1 fully saturated rings. The third-order valence-corrected chi connectivity index (χ3v) is 2.24. The monoisotopic (exact) mass is 137 g/mol. The molecule has 1 saturated heterocycles. The van der Waals surface area contributed by atoms with Crippen molar-refractivity contribution < 1.29 is 0 Å². The fourth-order valence-electron chi connectivity index (χ4n) is 1.43. The van der Waals surface area contributed by atoms with Crippen molar-refractivity contribution in [1.82, 2.24) is 4.90 Å². The zero-order chi connectivity index (χ0) is 7.40. The molecule has 0 radical (unpaired) electrons. The van der Waals surface area contributed by atoms with Crippen LogP contribution in [0.25, 0.3) is 0 Å². The maximum atomic E-state index is 5.23. The molecule has 1 heterocycles. The Kier molecular flexibility index (Phi) is 2.77. The van der Waals surface area contributed by atoms with Crippen LogP contribution in [0, 0.1) is 18.3 Å². The normalized spacial score (nSPS) is 22.4. The Morgan fingerprint density at radius 3 is 2.60 bits per heavy atom. The average molecular weight is 137 g/mol. The van der Waals surface area contributed by atoms with Crippen LogP contribution in [-0.2, 0) is 0 Å². The Morgan fingerprint density at radius 2 is 2.10 bits per heavy atom. The van der Waals surface area contributed by atoms with Gasteiger partial charge in [-0.05, 0) is 38.9 Å². The number of terminal acetylenes is 1. The number of likely N-dealkylation sites (tertiary alicyclic amines) is 1. The summed E-state index contributed by atoms with van der Waals surface area (Å²) >= 11 is 0. The summed E-state index contributed by atoms with van der Waals surface area (Å²) < 4.78 is 0. The largest absolute Gasteiger partial charge is 0.306 e. The minimum atomic E-state index is 0.807. The molecule has 1 nitrogen and oxygen atoms in total. The molecule has 56 valence electrons. The van der Waals surface area contributed by atoms with Crippen LogP contribution in [0.2, 0.25) is 0 Å². The molecule has 1 aliphatic rings. The Balaban J connectivity index is 2.21. The third-order valence-electron chi connectivity index (χ3n) is 2.24. The molecule has 0 spiro atoms. The second-order valence-electron chi connectivity index (χ2n) is 3.15. The van der Waals surface area contributed by atoms with Gasteiger partial charge in [-0.25, -0.2) is 0 Å². The van der Waals surface area contributed by atoms with Crippen LogP contribution >= 0.6 is 0 Å². The lowest BCUT2D eigenvalue weighted by Gasteiger charge is -2.27. The van der Waals surface area contributed by atoms with Crippen LogP contribution in [0.15, 0.2) is 0 Å². The van der Waals surface area contributed by atoms with Crippen LogP contribution in [0.3, 0.4) is 0 Å². The lowest BCUT2D eigenvalue weighted by atomic mass is 9.94. The lowest BCUT2D eigenvalue weighted by molar-refractivity contribution is 0.222. The highest BCUT2D eigenvalue weighted by Gasteiger charge is 2.14. The first-order valence-electron chi connectivity index (χ1n) is 3.95. The number of hydrogen-bond acceptors (Lipinski definition) is 1. The molecule has 10 heavy (non-hydrogen) atoms. The molecule has 0 aromatic heterocycles. The molecule has 0 atom stereocenters. The van der Waals surface area contributed by atoms with Crippen molar-refractivity contribution >= 4 is 0 Å². The van der Waals surface area contributed by atoms with Crippen LogP contribution in [-0.4, -0.2) is 25.0 Å². The quantitative estimate of drug-likeness (QED) is 0.493. The Labute approximate surface area is 63.4 Å². The first-order valence-corrected chi connectivity index (χ1v) is 3.95. The minimum absolute atomic E-state index is 0.807. The summed E-state index contributed by atoms with van der Waals surface area (Å²) in [6.07, 6.45) is 8.80. The van der Waals surface area contributed by atoms with Crippen molar-refractivity contribution in [3.63, 3.8) is 0 Å². The van der Waals surface area contributed by atoms with Crippen LogP contribution in [0.5, 0.6) is 0 Å². The van der Waals surface area contributed by atoms with E-state index in [0.717, 1.165) is 12.3 Å². The van der Waals surface area contributed by atoms with Crippen LogP contribution < -0.4 is 0 Å². The highest BCUT2D eigenvalue weighted by molar-refractivity contribution is 4.88. The molecule has 0 aromatic rings. The maximum absolute atomic E-state index is 5.23. The van der Waals surface area contributed by atoms with Crippen molar-refractivity contribution in [2.75, 3.05) is 20.1 Å². The van der Waals surface area contributed by atoms with Gasteiger partial charge in [-0.15, -0.1) is 12.3 Å². The Morgan fingerprint density at radius 1 is 1.50 bits per heavy atom.